The van der Waals surface area contributed by atoms with E-state index in [0.717, 1.165) is 12.4 Å². The number of anilines is 1. The summed E-state index contributed by atoms with van der Waals surface area (Å²) in [7, 11) is 0. The quantitative estimate of drug-likeness (QED) is 0.915. The Kier molecular flexibility index (Phi) is 3.06. The average molecular weight is 277 g/mol. The zero-order valence-electron chi connectivity index (χ0n) is 10.3. The van der Waals surface area contributed by atoms with Crippen LogP contribution in [0.3, 0.4) is 0 Å². The van der Waals surface area contributed by atoms with E-state index < -0.39 is 17.5 Å². The van der Waals surface area contributed by atoms with E-state index in [1.807, 2.05) is 0 Å². The van der Waals surface area contributed by atoms with E-state index >= 15 is 0 Å². The molecule has 1 aromatic heterocycles. The molecular formula is C14H10F3N3. The van der Waals surface area contributed by atoms with Crippen molar-refractivity contribution in [2.75, 3.05) is 11.6 Å². The van der Waals surface area contributed by atoms with E-state index in [1.165, 1.54) is 17.2 Å². The summed E-state index contributed by atoms with van der Waals surface area (Å²) >= 11 is 0. The fourth-order valence-electron chi connectivity index (χ4n) is 2.15. The Morgan fingerprint density at radius 2 is 1.70 bits per heavy atom. The monoisotopic (exact) mass is 277 g/mol. The van der Waals surface area contributed by atoms with E-state index in [9.17, 15) is 13.2 Å². The van der Waals surface area contributed by atoms with Gasteiger partial charge in [0.1, 0.15) is 11.5 Å². The lowest BCUT2D eigenvalue weighted by Gasteiger charge is -2.22. The molecule has 3 nitrogen and oxygen atoms in total. The van der Waals surface area contributed by atoms with Crippen molar-refractivity contribution >= 4 is 11.4 Å². The molecule has 0 radical (unpaired) electrons. The van der Waals surface area contributed by atoms with Crippen LogP contribution in [-0.4, -0.2) is 11.7 Å². The number of nitrogens with zero attached hydrogens (tertiary/aromatic N) is 2. The third-order valence-electron chi connectivity index (χ3n) is 3.03. The third kappa shape index (κ3) is 1.99. The SMILES string of the molecule is Fc1ccccc1C1=CNCN1c1c(F)cncc1F. The largest absolute Gasteiger partial charge is 0.372 e. The van der Waals surface area contributed by atoms with Gasteiger partial charge in [0.05, 0.1) is 24.8 Å². The molecule has 1 aliphatic heterocycles. The van der Waals surface area contributed by atoms with Crippen LogP contribution in [0.1, 0.15) is 5.56 Å². The van der Waals surface area contributed by atoms with E-state index in [0.29, 0.717) is 5.70 Å². The average Bonchev–Trinajstić information content (AvgIpc) is 2.88. The summed E-state index contributed by atoms with van der Waals surface area (Å²) < 4.78 is 41.4. The lowest BCUT2D eigenvalue weighted by atomic mass is 10.1. The number of hydrogen-bond acceptors (Lipinski definition) is 3. The standard InChI is InChI=1S/C14H10F3N3/c15-10-4-2-1-3-9(10)13-7-19-8-20(13)14-11(16)5-18-6-12(14)17/h1-7,19H,8H2. The first-order chi connectivity index (χ1) is 9.68. The van der Waals surface area contributed by atoms with Crippen LogP contribution in [-0.2, 0) is 0 Å². The van der Waals surface area contributed by atoms with Crippen molar-refractivity contribution in [2.24, 2.45) is 0 Å². The van der Waals surface area contributed by atoms with E-state index in [2.05, 4.69) is 10.3 Å². The Bertz CT molecular complexity index is 665. The number of halogens is 3. The Hall–Kier alpha value is -2.50. The molecule has 1 aliphatic rings. The van der Waals surface area contributed by atoms with Crippen LogP contribution in [0.4, 0.5) is 18.9 Å². The molecule has 3 rings (SSSR count). The Labute approximate surface area is 113 Å². The molecular weight excluding hydrogens is 267 g/mol. The van der Waals surface area contributed by atoms with Gasteiger partial charge in [-0.15, -0.1) is 0 Å². The van der Waals surface area contributed by atoms with E-state index in [4.69, 9.17) is 0 Å². The lowest BCUT2D eigenvalue weighted by molar-refractivity contribution is 0.570. The molecule has 0 spiro atoms. The highest BCUT2D eigenvalue weighted by Gasteiger charge is 2.25. The number of pyridine rings is 1. The van der Waals surface area contributed by atoms with Gasteiger partial charge < -0.3 is 10.2 Å². The fraction of sp³-hybridized carbons (Fsp3) is 0.0714. The van der Waals surface area contributed by atoms with Crippen molar-refractivity contribution in [1.82, 2.24) is 10.3 Å². The molecule has 1 N–H and O–H groups in total. The van der Waals surface area contributed by atoms with Gasteiger partial charge in [-0.1, -0.05) is 12.1 Å². The minimum Gasteiger partial charge on any atom is -0.372 e. The molecule has 1 aromatic carbocycles. The summed E-state index contributed by atoms with van der Waals surface area (Å²) in [5.74, 6) is -2.05. The van der Waals surface area contributed by atoms with E-state index in [1.54, 1.807) is 18.2 Å². The summed E-state index contributed by atoms with van der Waals surface area (Å²) in [6.07, 6.45) is 3.38. The van der Waals surface area contributed by atoms with Crippen LogP contribution in [0, 0.1) is 17.5 Å². The van der Waals surface area contributed by atoms with Gasteiger partial charge in [-0.05, 0) is 12.1 Å². The second-order valence-electron chi connectivity index (χ2n) is 4.25. The number of aromatic nitrogens is 1. The smallest absolute Gasteiger partial charge is 0.168 e. The molecule has 102 valence electrons. The second kappa shape index (κ2) is 4.88. The number of nitrogens with one attached hydrogen (secondary N) is 1. The van der Waals surface area contributed by atoms with Crippen molar-refractivity contribution in [1.29, 1.82) is 0 Å². The maximum atomic E-state index is 13.8. The van der Waals surface area contributed by atoms with Crippen LogP contribution < -0.4 is 10.2 Å². The fourth-order valence-corrected chi connectivity index (χ4v) is 2.15. The van der Waals surface area contributed by atoms with Crippen LogP contribution in [0.2, 0.25) is 0 Å². The molecule has 0 amide bonds. The summed E-state index contributed by atoms with van der Waals surface area (Å²) in [4.78, 5) is 4.78. The molecule has 0 saturated carbocycles. The predicted molar refractivity (Wildman–Crippen MR) is 69.0 cm³/mol. The molecule has 6 heteroatoms. The zero-order chi connectivity index (χ0) is 14.1. The van der Waals surface area contributed by atoms with Crippen LogP contribution in [0.5, 0.6) is 0 Å². The van der Waals surface area contributed by atoms with Crippen LogP contribution >= 0.6 is 0 Å². The second-order valence-corrected chi connectivity index (χ2v) is 4.25. The minimum absolute atomic E-state index is 0.154. The normalized spacial score (nSPS) is 14.2. The van der Waals surface area contributed by atoms with Crippen molar-refractivity contribution in [3.8, 4) is 0 Å². The van der Waals surface area contributed by atoms with Gasteiger partial charge >= 0.3 is 0 Å². The highest BCUT2D eigenvalue weighted by molar-refractivity contribution is 5.81. The van der Waals surface area contributed by atoms with E-state index in [-0.39, 0.29) is 17.9 Å². The molecule has 0 atom stereocenters. The van der Waals surface area contributed by atoms with Crippen molar-refractivity contribution in [3.63, 3.8) is 0 Å². The first kappa shape index (κ1) is 12.5. The summed E-state index contributed by atoms with van der Waals surface area (Å²) in [5, 5.41) is 2.84. The van der Waals surface area contributed by atoms with Crippen molar-refractivity contribution < 1.29 is 13.2 Å². The predicted octanol–water partition coefficient (Wildman–Crippen LogP) is 2.86. The lowest BCUT2D eigenvalue weighted by Crippen LogP contribution is -2.25. The Balaban J connectivity index is 2.08. The number of benzene rings is 1. The van der Waals surface area contributed by atoms with Gasteiger partial charge in [0, 0.05) is 11.8 Å². The molecule has 20 heavy (non-hydrogen) atoms. The van der Waals surface area contributed by atoms with Gasteiger partial charge in [-0.2, -0.15) is 0 Å². The first-order valence-electron chi connectivity index (χ1n) is 5.93. The van der Waals surface area contributed by atoms with Crippen LogP contribution in [0.25, 0.3) is 5.70 Å². The molecule has 0 saturated heterocycles. The highest BCUT2D eigenvalue weighted by Crippen LogP contribution is 2.32. The van der Waals surface area contributed by atoms with Crippen molar-refractivity contribution in [3.05, 3.63) is 65.9 Å². The summed E-state index contributed by atoms with van der Waals surface area (Å²) in [6, 6.07) is 6.07. The summed E-state index contributed by atoms with van der Waals surface area (Å²) in [5.41, 5.74) is 0.389. The molecule has 2 aromatic rings. The Morgan fingerprint density at radius 3 is 2.40 bits per heavy atom. The Morgan fingerprint density at radius 1 is 1.00 bits per heavy atom. The van der Waals surface area contributed by atoms with Gasteiger partial charge in [-0.25, -0.2) is 13.2 Å². The first-order valence-corrected chi connectivity index (χ1v) is 5.93. The number of rotatable bonds is 2. The molecule has 0 aliphatic carbocycles. The minimum atomic E-state index is -0.795. The molecule has 0 bridgehead atoms. The molecule has 0 fully saturated rings. The van der Waals surface area contributed by atoms with Gasteiger partial charge in [0.2, 0.25) is 0 Å². The summed E-state index contributed by atoms with van der Waals surface area (Å²) in [6.45, 7) is 0.154. The van der Waals surface area contributed by atoms with Crippen molar-refractivity contribution in [2.45, 2.75) is 0 Å². The molecule has 2 heterocycles. The van der Waals surface area contributed by atoms with Gasteiger partial charge in [0.25, 0.3) is 0 Å². The topological polar surface area (TPSA) is 28.2 Å². The maximum absolute atomic E-state index is 13.8. The maximum Gasteiger partial charge on any atom is 0.168 e. The van der Waals surface area contributed by atoms with Gasteiger partial charge in [-0.3, -0.25) is 4.98 Å². The van der Waals surface area contributed by atoms with Crippen LogP contribution in [0.15, 0.2) is 42.9 Å². The zero-order valence-corrected chi connectivity index (χ0v) is 10.3. The molecule has 0 unspecified atom stereocenters. The van der Waals surface area contributed by atoms with Gasteiger partial charge in [0.15, 0.2) is 11.6 Å². The number of hydrogen-bond donors (Lipinski definition) is 1. The third-order valence-corrected chi connectivity index (χ3v) is 3.03. The highest BCUT2D eigenvalue weighted by atomic mass is 19.1.